The predicted molar refractivity (Wildman–Crippen MR) is 110 cm³/mol. The third-order valence-electron chi connectivity index (χ3n) is 4.55. The summed E-state index contributed by atoms with van der Waals surface area (Å²) < 4.78 is 20.6. The average molecular weight is 547 g/mol. The summed E-state index contributed by atoms with van der Waals surface area (Å²) >= 11 is 0. The molecule has 0 aliphatic carbocycles. The Bertz CT molecular complexity index is 537. The van der Waals surface area contributed by atoms with Crippen molar-refractivity contribution >= 4 is 43.7 Å². The van der Waals surface area contributed by atoms with E-state index in [4.69, 9.17) is 18.9 Å². The van der Waals surface area contributed by atoms with Crippen LogP contribution in [0.25, 0.3) is 0 Å². The van der Waals surface area contributed by atoms with Crippen molar-refractivity contribution in [1.29, 1.82) is 0 Å². The zero-order valence-corrected chi connectivity index (χ0v) is 20.3. The molecule has 208 valence electrons. The molecule has 2 fully saturated rings. The molecule has 34 heavy (non-hydrogen) atoms. The van der Waals surface area contributed by atoms with Gasteiger partial charge in [-0.05, 0) is 6.92 Å². The van der Waals surface area contributed by atoms with E-state index in [9.17, 15) is 45.6 Å². The Balaban J connectivity index is -0.000000210. The van der Waals surface area contributed by atoms with E-state index in [1.165, 1.54) is 0 Å². The molecule has 2 rings (SSSR count). The van der Waals surface area contributed by atoms with E-state index in [1.807, 2.05) is 0 Å². The van der Waals surface area contributed by atoms with E-state index in [-0.39, 0.29) is 68.0 Å². The molecule has 2 saturated heterocycles. The summed E-state index contributed by atoms with van der Waals surface area (Å²) in [4.78, 5) is 11.7. The van der Waals surface area contributed by atoms with Crippen molar-refractivity contribution in [3.63, 3.8) is 0 Å². The van der Waals surface area contributed by atoms with Crippen LogP contribution in [-0.4, -0.2) is 193 Å². The van der Waals surface area contributed by atoms with Gasteiger partial charge in [0.2, 0.25) is 0 Å². The van der Waals surface area contributed by atoms with Gasteiger partial charge in [-0.3, -0.25) is 0 Å². The van der Waals surface area contributed by atoms with Gasteiger partial charge in [0.25, 0.3) is 0 Å². The number of esters is 1. The van der Waals surface area contributed by atoms with Crippen molar-refractivity contribution < 1.29 is 94.8 Å². The van der Waals surface area contributed by atoms with Crippen LogP contribution < -0.4 is 0 Å². The van der Waals surface area contributed by atoms with Gasteiger partial charge in [0.05, 0.1) is 13.2 Å². The van der Waals surface area contributed by atoms with Crippen LogP contribution >= 0.6 is 0 Å². The maximum atomic E-state index is 11.7. The van der Waals surface area contributed by atoms with Crippen LogP contribution in [0.5, 0.6) is 0 Å². The van der Waals surface area contributed by atoms with Crippen LogP contribution in [0.4, 0.5) is 0 Å². The maximum absolute atomic E-state index is 11.7. The third-order valence-corrected chi connectivity index (χ3v) is 4.55. The van der Waals surface area contributed by atoms with Crippen molar-refractivity contribution in [3.05, 3.63) is 0 Å². The number of hydrogen-bond acceptors (Lipinski definition) is 13. The molecule has 1 unspecified atom stereocenters. The van der Waals surface area contributed by atoms with Crippen LogP contribution in [0.1, 0.15) is 9.78 Å². The second-order valence-corrected chi connectivity index (χ2v) is 6.61. The molecule has 0 aromatic heterocycles. The number of aliphatic hydroxyl groups excluding tert-OH is 8. The van der Waals surface area contributed by atoms with Crippen molar-refractivity contribution in [2.45, 2.75) is 74.4 Å². The molecule has 0 amide bonds. The summed E-state index contributed by atoms with van der Waals surface area (Å²) in [5, 5.41) is 77.6. The van der Waals surface area contributed by atoms with Crippen LogP contribution in [0.3, 0.4) is 0 Å². The Morgan fingerprint density at radius 1 is 0.824 bits per heavy atom. The number of carbonyl (C=O) groups is 1. The summed E-state index contributed by atoms with van der Waals surface area (Å²) in [5.74, 6) is -1.18. The summed E-state index contributed by atoms with van der Waals surface area (Å²) in [6.07, 6.45) is -18.0. The van der Waals surface area contributed by atoms with Crippen molar-refractivity contribution in [2.75, 3.05) is 13.2 Å². The number of carbonyl (C=O) groups excluding carboxylic acids is 1. The van der Waals surface area contributed by atoms with Crippen LogP contribution in [0.2, 0.25) is 0 Å². The van der Waals surface area contributed by atoms with E-state index < -0.39 is 86.7 Å². The Kier molecular flexibility index (Phi) is 25.0. The second-order valence-electron chi connectivity index (χ2n) is 6.61. The fourth-order valence-electron chi connectivity index (χ4n) is 2.91. The molecule has 19 heteroatoms. The van der Waals surface area contributed by atoms with Gasteiger partial charge in [-0.1, -0.05) is 0 Å². The third kappa shape index (κ3) is 9.86. The Labute approximate surface area is 225 Å². The number of aliphatic hydroxyl groups is 8. The van der Waals surface area contributed by atoms with Gasteiger partial charge in [-0.15, -0.1) is 0 Å². The van der Waals surface area contributed by atoms with Crippen molar-refractivity contribution in [2.24, 2.45) is 0 Å². The van der Waals surface area contributed by atoms with Gasteiger partial charge in [0.1, 0.15) is 48.8 Å². The minimum atomic E-state index is -1.81. The molecule has 0 spiro atoms. The van der Waals surface area contributed by atoms with E-state index >= 15 is 0 Å². The molecule has 0 aromatic rings. The summed E-state index contributed by atoms with van der Waals surface area (Å²) in [6, 6.07) is 0. The maximum Gasteiger partial charge on any atom is 2.00 e. The van der Waals surface area contributed by atoms with Gasteiger partial charge in [-0.2, -0.15) is 0 Å². The van der Waals surface area contributed by atoms with E-state index in [0.717, 1.165) is 6.92 Å². The number of hydrogen-bond donors (Lipinski definition) is 8. The van der Waals surface area contributed by atoms with Crippen LogP contribution in [0.15, 0.2) is 0 Å². The quantitative estimate of drug-likeness (QED) is 0.113. The summed E-state index contributed by atoms with van der Waals surface area (Å²) in [6.45, 7) is -0.395. The monoisotopic (exact) mass is 546 g/mol. The molecule has 11 atom stereocenters. The van der Waals surface area contributed by atoms with Gasteiger partial charge in [0.15, 0.2) is 18.7 Å². The topological polar surface area (TPSA) is 373 Å². The van der Waals surface area contributed by atoms with Gasteiger partial charge in [-0.25, -0.2) is 4.79 Å². The van der Waals surface area contributed by atoms with E-state index in [1.54, 1.807) is 0 Å². The van der Waals surface area contributed by atoms with Gasteiger partial charge < -0.3 is 90.0 Å². The molecule has 18 nitrogen and oxygen atoms in total. The van der Waals surface area contributed by atoms with Gasteiger partial charge in [0, 0.05) is 0 Å². The van der Waals surface area contributed by atoms with Crippen molar-refractivity contribution in [1.82, 2.24) is 0 Å². The molecule has 18 N–H and O–H groups in total. The van der Waals surface area contributed by atoms with E-state index in [0.29, 0.717) is 0 Å². The molecular formula is C15H38CaO18. The normalized spacial score (nSPS) is 37.4. The Morgan fingerprint density at radius 3 is 1.74 bits per heavy atom. The number of ether oxygens (including phenoxy) is 4. The molecule has 0 radical (unpaired) electrons. The predicted octanol–water partition coefficient (Wildman–Crippen LogP) is -9.74. The second kappa shape index (κ2) is 19.2. The molecule has 2 heterocycles. The number of rotatable bonds is 6. The SMILES string of the molecule is CC(O)C(=O)O[C@H]1[C@H](O[C@H]2[C@H](O)[C@@H](O)[C@H](O)O[C@@H]2CO)O[C@H](CO)[C@H](O)[C@@H]1O.O.O.O.O.O.[Ca+2].[H-].[H-]. The van der Waals surface area contributed by atoms with Crippen molar-refractivity contribution in [3.8, 4) is 0 Å². The first-order valence-corrected chi connectivity index (χ1v) is 8.59. The minimum Gasteiger partial charge on any atom is -1.00 e. The Morgan fingerprint density at radius 2 is 1.29 bits per heavy atom. The first kappa shape index (κ1) is 44.1. The smallest absolute Gasteiger partial charge is 1.00 e. The molecule has 0 saturated carbocycles. The molecule has 0 aromatic carbocycles. The zero-order valence-electron chi connectivity index (χ0n) is 20.1. The standard InChI is InChI=1S/C15H26O13.Ca.5H2O.2H/c1-4(18)13(23)27-12-8(20)7(19)5(2-16)26-15(12)28-11-6(3-17)25-14(24)10(22)9(11)21;;;;;;;;/h4-12,14-22,24H,2-3H2,1H3;;5*1H2;;/q;+2;;;;;;2*-1/t4?,5-,6-,7+,8+,9-,10-,11-,12-,14-,15+;;;;;;;;/m1......../s1. The fourth-order valence-corrected chi connectivity index (χ4v) is 2.91. The molecule has 2 aliphatic heterocycles. The summed E-state index contributed by atoms with van der Waals surface area (Å²) in [5.41, 5.74) is 0. The van der Waals surface area contributed by atoms with Gasteiger partial charge >= 0.3 is 43.7 Å². The zero-order chi connectivity index (χ0) is 21.2. The fraction of sp³-hybridized carbons (Fsp3) is 0.933. The summed E-state index contributed by atoms with van der Waals surface area (Å²) in [7, 11) is 0. The minimum absolute atomic E-state index is 0. The molecule has 2 aliphatic rings. The van der Waals surface area contributed by atoms with E-state index in [2.05, 4.69) is 0 Å². The van der Waals surface area contributed by atoms with Crippen LogP contribution in [0, 0.1) is 0 Å². The molecular weight excluding hydrogens is 508 g/mol. The first-order valence-electron chi connectivity index (χ1n) is 8.59. The average Bonchev–Trinajstić information content (AvgIpc) is 2.66. The first-order chi connectivity index (χ1) is 13.1. The van der Waals surface area contributed by atoms with Crippen LogP contribution in [-0.2, 0) is 23.7 Å². The molecule has 0 bridgehead atoms. The Hall–Kier alpha value is 0.0897. The largest absolute Gasteiger partial charge is 2.00 e.